The molecule has 2 bridgehead atoms. The second-order valence-corrected chi connectivity index (χ2v) is 9.64. The lowest BCUT2D eigenvalue weighted by atomic mass is 9.85. The van der Waals surface area contributed by atoms with E-state index in [0.717, 1.165) is 12.3 Å². The third-order valence-electron chi connectivity index (χ3n) is 6.81. The van der Waals surface area contributed by atoms with Gasteiger partial charge in [0.2, 0.25) is 5.91 Å². The minimum Gasteiger partial charge on any atom is -0.480 e. The number of hydrogen-bond donors (Lipinski definition) is 3. The lowest BCUT2D eigenvalue weighted by molar-refractivity contribution is -0.138. The summed E-state index contributed by atoms with van der Waals surface area (Å²) in [5.74, 6) is -0.670. The second kappa shape index (κ2) is 9.53. The molecule has 2 saturated heterocycles. The van der Waals surface area contributed by atoms with Crippen molar-refractivity contribution in [2.75, 3.05) is 0 Å². The first-order valence-corrected chi connectivity index (χ1v) is 11.9. The van der Waals surface area contributed by atoms with Gasteiger partial charge in [0, 0.05) is 23.2 Å². The molecule has 1 unspecified atom stereocenters. The normalized spacial score (nSPS) is 28.8. The van der Waals surface area contributed by atoms with Crippen LogP contribution in [0.25, 0.3) is 0 Å². The third-order valence-corrected chi connectivity index (χ3v) is 7.04. The Morgan fingerprint density at radius 1 is 1.11 bits per heavy atom. The first kappa shape index (κ1) is 24.8. The predicted octanol–water partition coefficient (Wildman–Crippen LogP) is 2.92. The first-order chi connectivity index (χ1) is 17.1. The zero-order chi connectivity index (χ0) is 25.6. The fourth-order valence-electron chi connectivity index (χ4n) is 4.95. The molecule has 2 amide bonds. The maximum Gasteiger partial charge on any atom is 0.417 e. The number of carbonyl (C=O) groups is 2. The van der Waals surface area contributed by atoms with Crippen molar-refractivity contribution in [2.45, 2.75) is 62.4 Å². The molecule has 0 radical (unpaired) electrons. The lowest BCUT2D eigenvalue weighted by Crippen LogP contribution is -2.50. The van der Waals surface area contributed by atoms with Crippen LogP contribution in [0.3, 0.4) is 0 Å². The number of aliphatic hydroxyl groups is 1. The van der Waals surface area contributed by atoms with Crippen molar-refractivity contribution in [3.63, 3.8) is 0 Å². The zero-order valence-corrected chi connectivity index (χ0v) is 19.6. The van der Waals surface area contributed by atoms with Crippen LogP contribution in [0, 0.1) is 5.92 Å². The zero-order valence-electron chi connectivity index (χ0n) is 18.8. The number of ether oxygens (including phenoxy) is 2. The number of halogens is 4. The van der Waals surface area contributed by atoms with Crippen LogP contribution in [-0.4, -0.2) is 46.3 Å². The van der Waals surface area contributed by atoms with Crippen LogP contribution in [0.2, 0.25) is 5.02 Å². The van der Waals surface area contributed by atoms with Crippen molar-refractivity contribution in [3.8, 4) is 5.75 Å². The fourth-order valence-corrected chi connectivity index (χ4v) is 5.13. The largest absolute Gasteiger partial charge is 0.480 e. The Morgan fingerprint density at radius 2 is 1.92 bits per heavy atom. The molecule has 0 aliphatic carbocycles. The number of aromatic nitrogens is 1. The summed E-state index contributed by atoms with van der Waals surface area (Å²) >= 11 is 5.97. The quantitative estimate of drug-likeness (QED) is 0.554. The molecule has 2 fully saturated rings. The molecule has 4 heterocycles. The molecule has 36 heavy (non-hydrogen) atoms. The molecule has 3 N–H and O–H groups in total. The number of aliphatic hydroxyl groups excluding tert-OH is 1. The number of hydrogen-bond acceptors (Lipinski definition) is 6. The number of amides is 2. The van der Waals surface area contributed by atoms with E-state index in [1.54, 1.807) is 18.2 Å². The number of fused-ring (bicyclic) bond motifs is 3. The van der Waals surface area contributed by atoms with E-state index in [9.17, 15) is 27.9 Å². The summed E-state index contributed by atoms with van der Waals surface area (Å²) in [7, 11) is 0. The van der Waals surface area contributed by atoms with Gasteiger partial charge in [-0.15, -0.1) is 0 Å². The molecule has 3 aliphatic heterocycles. The van der Waals surface area contributed by atoms with Gasteiger partial charge in [0.15, 0.2) is 6.10 Å². The molecule has 1 aromatic carbocycles. The lowest BCUT2D eigenvalue weighted by Gasteiger charge is -2.31. The standard InChI is InChI=1S/C24H23ClF3N3O5/c25-12-2-4-18-14(5-12)17(32)8-21(35-18)23(34)31-16-7-19-15(6-20(16)36-19)22(33)30-10-13-3-1-11(9-29-13)24(26,27)28/h1-5,9,15-17,19-21,32H,6-8,10H2,(H,30,33)(H,31,34)/t15-,16?,17+,19+,20+,21+/m0/s1. The molecule has 3 aliphatic rings. The maximum absolute atomic E-state index is 12.8. The van der Waals surface area contributed by atoms with Crippen LogP contribution < -0.4 is 15.4 Å². The molecule has 192 valence electrons. The van der Waals surface area contributed by atoms with E-state index in [-0.39, 0.29) is 43.0 Å². The van der Waals surface area contributed by atoms with Gasteiger partial charge in [-0.05, 0) is 43.2 Å². The van der Waals surface area contributed by atoms with Gasteiger partial charge in [-0.2, -0.15) is 13.2 Å². The summed E-state index contributed by atoms with van der Waals surface area (Å²) in [5.41, 5.74) is -0.00635. The minimum absolute atomic E-state index is 0.000939. The Labute approximate surface area is 209 Å². The van der Waals surface area contributed by atoms with Crippen LogP contribution >= 0.6 is 11.6 Å². The monoisotopic (exact) mass is 525 g/mol. The van der Waals surface area contributed by atoms with Gasteiger partial charge in [0.1, 0.15) is 5.75 Å². The Morgan fingerprint density at radius 3 is 2.58 bits per heavy atom. The summed E-state index contributed by atoms with van der Waals surface area (Å²) in [6.45, 7) is -0.000939. The summed E-state index contributed by atoms with van der Waals surface area (Å²) in [6.07, 6.45) is -5.30. The van der Waals surface area contributed by atoms with E-state index in [2.05, 4.69) is 15.6 Å². The Bertz CT molecular complexity index is 1160. The molecule has 6 atom stereocenters. The van der Waals surface area contributed by atoms with Crippen LogP contribution in [-0.2, 0) is 27.0 Å². The van der Waals surface area contributed by atoms with E-state index in [1.807, 2.05) is 0 Å². The number of nitrogens with zero attached hydrogens (tertiary/aromatic N) is 1. The Balaban J connectivity index is 1.11. The van der Waals surface area contributed by atoms with Crippen molar-refractivity contribution in [1.29, 1.82) is 0 Å². The van der Waals surface area contributed by atoms with Crippen LogP contribution in [0.1, 0.15) is 42.2 Å². The third kappa shape index (κ3) is 5.00. The van der Waals surface area contributed by atoms with E-state index >= 15 is 0 Å². The number of carbonyl (C=O) groups excluding carboxylic acids is 2. The number of rotatable bonds is 5. The van der Waals surface area contributed by atoms with Crippen LogP contribution in [0.4, 0.5) is 13.2 Å². The van der Waals surface area contributed by atoms with Gasteiger partial charge < -0.3 is 25.2 Å². The average Bonchev–Trinajstić information content (AvgIpc) is 3.43. The number of benzene rings is 1. The first-order valence-electron chi connectivity index (χ1n) is 11.5. The van der Waals surface area contributed by atoms with Crippen molar-refractivity contribution >= 4 is 23.4 Å². The molecule has 5 rings (SSSR count). The Hall–Kier alpha value is -2.89. The summed E-state index contributed by atoms with van der Waals surface area (Å²) < 4.78 is 49.6. The molecule has 2 aromatic rings. The van der Waals surface area contributed by atoms with E-state index in [4.69, 9.17) is 21.1 Å². The highest BCUT2D eigenvalue weighted by molar-refractivity contribution is 6.30. The average molecular weight is 526 g/mol. The molecular formula is C24H23ClF3N3O5. The number of alkyl halides is 3. The minimum atomic E-state index is -4.47. The van der Waals surface area contributed by atoms with E-state index in [1.165, 1.54) is 6.07 Å². The molecule has 12 heteroatoms. The van der Waals surface area contributed by atoms with Gasteiger partial charge in [0.05, 0.1) is 48.1 Å². The number of nitrogens with one attached hydrogen (secondary N) is 2. The Kier molecular flexibility index (Phi) is 6.56. The van der Waals surface area contributed by atoms with Crippen molar-refractivity contribution < 1.29 is 37.3 Å². The molecular weight excluding hydrogens is 503 g/mol. The van der Waals surface area contributed by atoms with Gasteiger partial charge in [0.25, 0.3) is 5.91 Å². The SMILES string of the molecule is O=C(NCc1ccc(C(F)(F)F)cn1)[C@H]1C[C@H]2O[C@@H]1CC2NC(=O)[C@H]1C[C@@H](O)c2cc(Cl)ccc2O1. The highest BCUT2D eigenvalue weighted by Crippen LogP contribution is 2.40. The van der Waals surface area contributed by atoms with E-state index in [0.29, 0.717) is 34.9 Å². The fraction of sp³-hybridized carbons (Fsp3) is 0.458. The second-order valence-electron chi connectivity index (χ2n) is 9.20. The van der Waals surface area contributed by atoms with Crippen molar-refractivity contribution in [1.82, 2.24) is 15.6 Å². The van der Waals surface area contributed by atoms with Crippen LogP contribution in [0.5, 0.6) is 5.75 Å². The molecule has 0 spiro atoms. The van der Waals surface area contributed by atoms with Gasteiger partial charge >= 0.3 is 6.18 Å². The molecule has 1 aromatic heterocycles. The molecule has 8 nitrogen and oxygen atoms in total. The van der Waals surface area contributed by atoms with Crippen molar-refractivity contribution in [2.24, 2.45) is 5.92 Å². The maximum atomic E-state index is 12.8. The summed E-state index contributed by atoms with van der Waals surface area (Å²) in [5, 5.41) is 16.5. The summed E-state index contributed by atoms with van der Waals surface area (Å²) in [6, 6.07) is 6.70. The smallest absolute Gasteiger partial charge is 0.417 e. The van der Waals surface area contributed by atoms with E-state index < -0.39 is 29.9 Å². The highest BCUT2D eigenvalue weighted by atomic mass is 35.5. The van der Waals surface area contributed by atoms with Crippen LogP contribution in [0.15, 0.2) is 36.5 Å². The van der Waals surface area contributed by atoms with Gasteiger partial charge in [-0.1, -0.05) is 11.6 Å². The predicted molar refractivity (Wildman–Crippen MR) is 120 cm³/mol. The van der Waals surface area contributed by atoms with Gasteiger partial charge in [-0.3, -0.25) is 14.6 Å². The van der Waals surface area contributed by atoms with Gasteiger partial charge in [-0.25, -0.2) is 0 Å². The highest BCUT2D eigenvalue weighted by Gasteiger charge is 2.51. The summed E-state index contributed by atoms with van der Waals surface area (Å²) in [4.78, 5) is 29.2. The topological polar surface area (TPSA) is 110 Å². The number of pyridine rings is 1. The van der Waals surface area contributed by atoms with Crippen molar-refractivity contribution in [3.05, 3.63) is 58.4 Å². The molecule has 0 saturated carbocycles.